The van der Waals surface area contributed by atoms with Gasteiger partial charge in [0.05, 0.1) is 31.5 Å². The minimum absolute atomic E-state index is 0.0771. The topological polar surface area (TPSA) is 64.0 Å². The third-order valence-electron chi connectivity index (χ3n) is 5.25. The Balaban J connectivity index is 1.79. The molecule has 0 fully saturated rings. The number of nitrogens with zero attached hydrogens (tertiary/aromatic N) is 3. The molecule has 0 bridgehead atoms. The predicted octanol–water partition coefficient (Wildman–Crippen LogP) is 4.99. The Hall–Kier alpha value is -3.12. The van der Waals surface area contributed by atoms with E-state index in [9.17, 15) is 4.79 Å². The van der Waals surface area contributed by atoms with Gasteiger partial charge in [-0.2, -0.15) is 5.10 Å². The Labute approximate surface area is 180 Å². The Morgan fingerprint density at radius 2 is 1.97 bits per heavy atom. The van der Waals surface area contributed by atoms with E-state index in [4.69, 9.17) is 21.1 Å². The molecule has 2 aromatic carbocycles. The third kappa shape index (κ3) is 3.59. The van der Waals surface area contributed by atoms with Crippen molar-refractivity contribution in [1.29, 1.82) is 0 Å². The zero-order chi connectivity index (χ0) is 21.3. The Bertz CT molecular complexity index is 1150. The summed E-state index contributed by atoms with van der Waals surface area (Å²) < 4.78 is 10.8. The molecule has 154 valence electrons. The van der Waals surface area contributed by atoms with Gasteiger partial charge in [0, 0.05) is 29.4 Å². The maximum absolute atomic E-state index is 12.7. The van der Waals surface area contributed by atoms with Gasteiger partial charge in [0.15, 0.2) is 0 Å². The van der Waals surface area contributed by atoms with Gasteiger partial charge in [0.1, 0.15) is 16.7 Å². The second-order valence-corrected chi connectivity index (χ2v) is 7.34. The molecule has 1 unspecified atom stereocenters. The summed E-state index contributed by atoms with van der Waals surface area (Å²) in [7, 11) is 3.25. The van der Waals surface area contributed by atoms with Gasteiger partial charge in [0.2, 0.25) is 5.91 Å². The monoisotopic (exact) mass is 423 g/mol. The van der Waals surface area contributed by atoms with Crippen LogP contribution >= 0.6 is 11.6 Å². The second-order valence-electron chi connectivity index (χ2n) is 6.99. The molecule has 0 saturated heterocycles. The average molecular weight is 424 g/mol. The first-order valence-electron chi connectivity index (χ1n) is 9.72. The number of rotatable bonds is 5. The van der Waals surface area contributed by atoms with Crippen LogP contribution in [-0.4, -0.2) is 35.8 Å². The number of hydrogen-bond donors (Lipinski definition) is 0. The largest absolute Gasteiger partial charge is 0.497 e. The summed E-state index contributed by atoms with van der Waals surface area (Å²) in [4.78, 5) is 17.3. The molecular weight excluding hydrogens is 402 g/mol. The van der Waals surface area contributed by atoms with Crippen LogP contribution in [0.4, 0.5) is 0 Å². The highest BCUT2D eigenvalue weighted by molar-refractivity contribution is 6.30. The summed E-state index contributed by atoms with van der Waals surface area (Å²) in [6.07, 6.45) is 0.856. The van der Waals surface area contributed by atoms with E-state index in [1.165, 1.54) is 5.01 Å². The number of pyridine rings is 1. The van der Waals surface area contributed by atoms with Gasteiger partial charge >= 0.3 is 0 Å². The number of carbonyl (C=O) groups excluding carboxylic acids is 1. The van der Waals surface area contributed by atoms with Crippen molar-refractivity contribution in [1.82, 2.24) is 9.99 Å². The number of hydrogen-bond acceptors (Lipinski definition) is 5. The molecule has 1 aliphatic heterocycles. The van der Waals surface area contributed by atoms with Gasteiger partial charge in [-0.05, 0) is 36.4 Å². The van der Waals surface area contributed by atoms with Crippen molar-refractivity contribution in [2.45, 2.75) is 25.8 Å². The first-order valence-corrected chi connectivity index (χ1v) is 10.1. The van der Waals surface area contributed by atoms with Crippen LogP contribution in [0.5, 0.6) is 11.5 Å². The molecule has 0 spiro atoms. The number of halogens is 1. The summed E-state index contributed by atoms with van der Waals surface area (Å²) in [5, 5.41) is 7.44. The van der Waals surface area contributed by atoms with E-state index in [0.29, 0.717) is 23.7 Å². The Morgan fingerprint density at radius 1 is 1.17 bits per heavy atom. The number of amides is 1. The fourth-order valence-corrected chi connectivity index (χ4v) is 3.97. The standard InChI is InChI=1S/C23H22ClN3O3/c1-4-22(28)27-20(13-19(26-27)16-7-5-6-8-21(16)30-3)17-12-14-11-15(29-2)9-10-18(14)25-23(17)24/h5-12,20H,4,13H2,1-3H3. The minimum Gasteiger partial charge on any atom is -0.497 e. The van der Waals surface area contributed by atoms with E-state index < -0.39 is 0 Å². The molecule has 30 heavy (non-hydrogen) atoms. The molecule has 0 saturated carbocycles. The van der Waals surface area contributed by atoms with Crippen molar-refractivity contribution in [3.05, 3.63) is 64.8 Å². The van der Waals surface area contributed by atoms with Gasteiger partial charge in [0.25, 0.3) is 0 Å². The van der Waals surface area contributed by atoms with Gasteiger partial charge in [-0.25, -0.2) is 9.99 Å². The van der Waals surface area contributed by atoms with Gasteiger partial charge in [-0.15, -0.1) is 0 Å². The summed E-state index contributed by atoms with van der Waals surface area (Å²) in [6.45, 7) is 1.82. The maximum Gasteiger partial charge on any atom is 0.242 e. The van der Waals surface area contributed by atoms with Crippen LogP contribution in [0.3, 0.4) is 0 Å². The highest BCUT2D eigenvalue weighted by atomic mass is 35.5. The summed E-state index contributed by atoms with van der Waals surface area (Å²) in [6, 6.07) is 14.9. The fourth-order valence-electron chi connectivity index (χ4n) is 3.70. The zero-order valence-corrected chi connectivity index (χ0v) is 17.8. The average Bonchev–Trinajstić information content (AvgIpc) is 3.22. The minimum atomic E-state index is -0.340. The van der Waals surface area contributed by atoms with Gasteiger partial charge in [-0.1, -0.05) is 30.7 Å². The molecule has 0 N–H and O–H groups in total. The SMILES string of the molecule is CCC(=O)N1N=C(c2ccccc2OC)CC1c1cc2cc(OC)ccc2nc1Cl. The lowest BCUT2D eigenvalue weighted by Gasteiger charge is -2.22. The summed E-state index contributed by atoms with van der Waals surface area (Å²) in [5.74, 6) is 1.37. The van der Waals surface area contributed by atoms with Crippen LogP contribution in [-0.2, 0) is 4.79 Å². The van der Waals surface area contributed by atoms with E-state index in [2.05, 4.69) is 10.1 Å². The van der Waals surface area contributed by atoms with Gasteiger partial charge < -0.3 is 9.47 Å². The van der Waals surface area contributed by atoms with Crippen LogP contribution in [0.15, 0.2) is 53.6 Å². The molecule has 1 atom stereocenters. The number of aromatic nitrogens is 1. The number of hydrazone groups is 1. The first kappa shape index (κ1) is 20.2. The highest BCUT2D eigenvalue weighted by Gasteiger charge is 2.35. The number of para-hydroxylation sites is 1. The molecule has 4 rings (SSSR count). The molecule has 1 aromatic heterocycles. The van der Waals surface area contributed by atoms with Crippen LogP contribution in [0.25, 0.3) is 10.9 Å². The van der Waals surface area contributed by atoms with Crippen molar-refractivity contribution < 1.29 is 14.3 Å². The number of fused-ring (bicyclic) bond motifs is 1. The summed E-state index contributed by atoms with van der Waals surface area (Å²) >= 11 is 6.57. The van der Waals surface area contributed by atoms with Crippen molar-refractivity contribution in [2.75, 3.05) is 14.2 Å². The maximum atomic E-state index is 12.7. The zero-order valence-electron chi connectivity index (χ0n) is 17.1. The normalized spacial score (nSPS) is 15.9. The molecule has 6 nitrogen and oxygen atoms in total. The molecule has 1 aliphatic rings. The Kier molecular flexibility index (Phi) is 5.59. The number of methoxy groups -OCH3 is 2. The number of carbonyl (C=O) groups is 1. The van der Waals surface area contributed by atoms with Crippen molar-refractivity contribution in [3.8, 4) is 11.5 Å². The molecule has 1 amide bonds. The molecular formula is C23H22ClN3O3. The fraction of sp³-hybridized carbons (Fsp3) is 0.261. The number of benzene rings is 2. The van der Waals surface area contributed by atoms with Crippen LogP contribution < -0.4 is 9.47 Å². The van der Waals surface area contributed by atoms with Crippen LogP contribution in [0, 0.1) is 0 Å². The second kappa shape index (κ2) is 8.32. The van der Waals surface area contributed by atoms with E-state index in [1.807, 2.05) is 55.5 Å². The van der Waals surface area contributed by atoms with Crippen molar-refractivity contribution >= 4 is 34.1 Å². The quantitative estimate of drug-likeness (QED) is 0.542. The Morgan fingerprint density at radius 3 is 2.70 bits per heavy atom. The lowest BCUT2D eigenvalue weighted by molar-refractivity contribution is -0.132. The van der Waals surface area contributed by atoms with E-state index >= 15 is 0 Å². The van der Waals surface area contributed by atoms with Crippen LogP contribution in [0.1, 0.15) is 36.9 Å². The van der Waals surface area contributed by atoms with Crippen LogP contribution in [0.2, 0.25) is 5.15 Å². The number of ether oxygens (including phenoxy) is 2. The lowest BCUT2D eigenvalue weighted by Crippen LogP contribution is -2.26. The summed E-state index contributed by atoms with van der Waals surface area (Å²) in [5.41, 5.74) is 3.17. The van der Waals surface area contributed by atoms with E-state index in [-0.39, 0.29) is 11.9 Å². The van der Waals surface area contributed by atoms with E-state index in [1.54, 1.807) is 14.2 Å². The first-order chi connectivity index (χ1) is 14.5. The van der Waals surface area contributed by atoms with Gasteiger partial charge in [-0.3, -0.25) is 4.79 Å². The van der Waals surface area contributed by atoms with Crippen molar-refractivity contribution in [3.63, 3.8) is 0 Å². The predicted molar refractivity (Wildman–Crippen MR) is 117 cm³/mol. The molecule has 7 heteroatoms. The molecule has 0 aliphatic carbocycles. The smallest absolute Gasteiger partial charge is 0.242 e. The third-order valence-corrected chi connectivity index (χ3v) is 5.55. The molecule has 3 aromatic rings. The van der Waals surface area contributed by atoms with E-state index in [0.717, 1.165) is 33.5 Å². The highest BCUT2D eigenvalue weighted by Crippen LogP contribution is 2.39. The lowest BCUT2D eigenvalue weighted by atomic mass is 9.97. The molecule has 0 radical (unpaired) electrons. The molecule has 2 heterocycles. The van der Waals surface area contributed by atoms with Crippen molar-refractivity contribution in [2.24, 2.45) is 5.10 Å².